The molecule has 1 aromatic carbocycles. The summed E-state index contributed by atoms with van der Waals surface area (Å²) < 4.78 is 0. The van der Waals surface area contributed by atoms with Gasteiger partial charge in [-0.3, -0.25) is 4.99 Å². The van der Waals surface area contributed by atoms with Gasteiger partial charge in [0.15, 0.2) is 0 Å². The molecule has 3 nitrogen and oxygen atoms in total. The normalized spacial score (nSPS) is 24.2. The zero-order chi connectivity index (χ0) is 11.4. The van der Waals surface area contributed by atoms with Crippen LogP contribution in [0.2, 0.25) is 0 Å². The van der Waals surface area contributed by atoms with Crippen molar-refractivity contribution < 1.29 is 0 Å². The summed E-state index contributed by atoms with van der Waals surface area (Å²) in [5.74, 6) is 7.59. The Morgan fingerprint density at radius 2 is 2.19 bits per heavy atom. The summed E-state index contributed by atoms with van der Waals surface area (Å²) >= 11 is 0. The number of benzene rings is 1. The van der Waals surface area contributed by atoms with Crippen LogP contribution < -0.4 is 11.3 Å². The van der Waals surface area contributed by atoms with Crippen molar-refractivity contribution in [3.05, 3.63) is 35.9 Å². The van der Waals surface area contributed by atoms with Crippen LogP contribution in [0.3, 0.4) is 0 Å². The predicted molar refractivity (Wildman–Crippen MR) is 67.2 cm³/mol. The molecule has 86 valence electrons. The molecule has 1 aliphatic rings. The molecule has 0 heterocycles. The van der Waals surface area contributed by atoms with E-state index in [9.17, 15) is 0 Å². The Kier molecular flexibility index (Phi) is 3.57. The first kappa shape index (κ1) is 11.1. The minimum absolute atomic E-state index is 0.499. The zero-order valence-electron chi connectivity index (χ0n) is 9.69. The van der Waals surface area contributed by atoms with Gasteiger partial charge in [-0.15, -0.1) is 0 Å². The molecule has 0 saturated heterocycles. The fourth-order valence-electron chi connectivity index (χ4n) is 2.07. The summed E-state index contributed by atoms with van der Waals surface area (Å²) in [6.07, 6.45) is 2.23. The third-order valence-electron chi connectivity index (χ3n) is 3.02. The molecule has 16 heavy (non-hydrogen) atoms. The minimum Gasteiger partial charge on any atom is -0.312 e. The molecule has 0 aromatic heterocycles. The maximum Gasteiger partial charge on any atom is 0.114 e. The van der Waals surface area contributed by atoms with Gasteiger partial charge in [-0.1, -0.05) is 37.3 Å². The summed E-state index contributed by atoms with van der Waals surface area (Å²) in [6, 6.07) is 10.6. The minimum atomic E-state index is 0.499. The van der Waals surface area contributed by atoms with Crippen LogP contribution in [-0.2, 0) is 0 Å². The molecule has 3 N–H and O–H groups in total. The summed E-state index contributed by atoms with van der Waals surface area (Å²) in [4.78, 5) is 4.48. The van der Waals surface area contributed by atoms with Crippen molar-refractivity contribution >= 4 is 5.84 Å². The summed E-state index contributed by atoms with van der Waals surface area (Å²) in [6.45, 7) is 2.98. The van der Waals surface area contributed by atoms with Gasteiger partial charge >= 0.3 is 0 Å². The third-order valence-corrected chi connectivity index (χ3v) is 3.02. The van der Waals surface area contributed by atoms with E-state index in [4.69, 9.17) is 5.84 Å². The number of hydrogen-bond donors (Lipinski definition) is 2. The molecule has 0 aliphatic heterocycles. The molecule has 2 atom stereocenters. The second-order valence-electron chi connectivity index (χ2n) is 4.27. The van der Waals surface area contributed by atoms with E-state index in [2.05, 4.69) is 41.6 Å². The van der Waals surface area contributed by atoms with Crippen molar-refractivity contribution in [3.8, 4) is 0 Å². The molecule has 0 radical (unpaired) electrons. The van der Waals surface area contributed by atoms with E-state index in [1.54, 1.807) is 0 Å². The Labute approximate surface area is 96.7 Å². The Morgan fingerprint density at radius 1 is 1.44 bits per heavy atom. The number of aliphatic imine (C=N–C) groups is 1. The molecule has 3 heteroatoms. The van der Waals surface area contributed by atoms with Crippen LogP contribution >= 0.6 is 0 Å². The number of nitrogens with two attached hydrogens (primary N) is 1. The first-order valence-corrected chi connectivity index (χ1v) is 5.92. The van der Waals surface area contributed by atoms with Crippen molar-refractivity contribution in [2.45, 2.75) is 25.7 Å². The van der Waals surface area contributed by atoms with Gasteiger partial charge in [-0.2, -0.15) is 0 Å². The highest BCUT2D eigenvalue weighted by Gasteiger charge is 2.41. The van der Waals surface area contributed by atoms with Crippen LogP contribution in [0, 0.1) is 5.92 Å². The number of rotatable bonds is 4. The molecule has 1 aliphatic carbocycles. The van der Waals surface area contributed by atoms with Crippen LogP contribution in [0.1, 0.15) is 31.2 Å². The van der Waals surface area contributed by atoms with E-state index >= 15 is 0 Å². The first-order chi connectivity index (χ1) is 7.86. The molecule has 0 bridgehead atoms. The van der Waals surface area contributed by atoms with Crippen LogP contribution in [0.5, 0.6) is 0 Å². The molecule has 1 aromatic rings. The molecule has 2 rings (SSSR count). The summed E-state index contributed by atoms with van der Waals surface area (Å²) in [5.41, 5.74) is 4.14. The number of hydrazine groups is 1. The molecular weight excluding hydrogens is 198 g/mol. The van der Waals surface area contributed by atoms with Crippen LogP contribution in [0.4, 0.5) is 0 Å². The topological polar surface area (TPSA) is 50.4 Å². The molecule has 2 unspecified atom stereocenters. The lowest BCUT2D eigenvalue weighted by atomic mass is 10.1. The number of amidine groups is 1. The van der Waals surface area contributed by atoms with Crippen molar-refractivity contribution in [1.82, 2.24) is 5.43 Å². The molecule has 1 saturated carbocycles. The van der Waals surface area contributed by atoms with Gasteiger partial charge in [0.25, 0.3) is 0 Å². The van der Waals surface area contributed by atoms with Gasteiger partial charge in [0.2, 0.25) is 0 Å². The lowest BCUT2D eigenvalue weighted by Crippen LogP contribution is -2.32. The van der Waals surface area contributed by atoms with Crippen LogP contribution in [-0.4, -0.2) is 12.4 Å². The number of nitrogens with one attached hydrogen (secondary N) is 1. The van der Waals surface area contributed by atoms with Crippen LogP contribution in [0.25, 0.3) is 0 Å². The van der Waals surface area contributed by atoms with Gasteiger partial charge in [-0.05, 0) is 24.3 Å². The smallest absolute Gasteiger partial charge is 0.114 e. The Balaban J connectivity index is 2.00. The van der Waals surface area contributed by atoms with Crippen molar-refractivity contribution in [3.63, 3.8) is 0 Å². The van der Waals surface area contributed by atoms with E-state index in [-0.39, 0.29) is 0 Å². The highest BCUT2D eigenvalue weighted by molar-refractivity contribution is 5.87. The monoisotopic (exact) mass is 217 g/mol. The highest BCUT2D eigenvalue weighted by atomic mass is 15.3. The summed E-state index contributed by atoms with van der Waals surface area (Å²) in [7, 11) is 0. The first-order valence-electron chi connectivity index (χ1n) is 5.92. The van der Waals surface area contributed by atoms with E-state index < -0.39 is 0 Å². The van der Waals surface area contributed by atoms with Gasteiger partial charge in [-0.25, -0.2) is 5.84 Å². The quantitative estimate of drug-likeness (QED) is 0.351. The lowest BCUT2D eigenvalue weighted by Gasteiger charge is -2.05. The van der Waals surface area contributed by atoms with Gasteiger partial charge in [0.1, 0.15) is 5.84 Å². The highest BCUT2D eigenvalue weighted by Crippen LogP contribution is 2.47. The lowest BCUT2D eigenvalue weighted by molar-refractivity contribution is 0.865. The number of nitrogens with zero attached hydrogens (tertiary/aromatic N) is 1. The fraction of sp³-hybridized carbons (Fsp3) is 0.462. The predicted octanol–water partition coefficient (Wildman–Crippen LogP) is 2.06. The van der Waals surface area contributed by atoms with E-state index in [0.29, 0.717) is 11.8 Å². The largest absolute Gasteiger partial charge is 0.312 e. The standard InChI is InChI=1S/C13H19N3/c1-2-8-15-13(16-14)12-9-11(12)10-6-4-3-5-7-10/h3-7,11-12H,2,8-9,14H2,1H3,(H,15,16). The average molecular weight is 217 g/mol. The van der Waals surface area contributed by atoms with Crippen molar-refractivity contribution in [1.29, 1.82) is 0 Å². The molecule has 1 fully saturated rings. The second kappa shape index (κ2) is 5.12. The maximum atomic E-state index is 5.51. The second-order valence-corrected chi connectivity index (χ2v) is 4.27. The van der Waals surface area contributed by atoms with Crippen LogP contribution in [0.15, 0.2) is 35.3 Å². The van der Waals surface area contributed by atoms with E-state index in [1.165, 1.54) is 5.56 Å². The van der Waals surface area contributed by atoms with Gasteiger partial charge in [0, 0.05) is 12.5 Å². The SMILES string of the molecule is CCCN=C(NN)C1CC1c1ccccc1. The third kappa shape index (κ3) is 2.42. The number of hydrogen-bond acceptors (Lipinski definition) is 2. The van der Waals surface area contributed by atoms with Crippen molar-refractivity contribution in [2.75, 3.05) is 6.54 Å². The van der Waals surface area contributed by atoms with Gasteiger partial charge in [0.05, 0.1) is 0 Å². The maximum absolute atomic E-state index is 5.51. The van der Waals surface area contributed by atoms with Gasteiger partial charge < -0.3 is 5.43 Å². The Hall–Kier alpha value is -1.35. The average Bonchev–Trinajstić information content (AvgIpc) is 3.12. The zero-order valence-corrected chi connectivity index (χ0v) is 9.69. The molecule has 0 spiro atoms. The van der Waals surface area contributed by atoms with E-state index in [1.807, 2.05) is 6.07 Å². The van der Waals surface area contributed by atoms with Crippen molar-refractivity contribution in [2.24, 2.45) is 16.8 Å². The molecule has 0 amide bonds. The fourth-order valence-corrected chi connectivity index (χ4v) is 2.07. The molecular formula is C13H19N3. The summed E-state index contributed by atoms with van der Waals surface area (Å²) in [5, 5.41) is 0. The Morgan fingerprint density at radius 3 is 2.81 bits per heavy atom. The van der Waals surface area contributed by atoms with E-state index in [0.717, 1.165) is 25.2 Å². The Bertz CT molecular complexity index is 359.